The lowest BCUT2D eigenvalue weighted by molar-refractivity contribution is 0.545. The highest BCUT2D eigenvalue weighted by Crippen LogP contribution is 2.54. The summed E-state index contributed by atoms with van der Waals surface area (Å²) in [6, 6.07) is 40.4. The highest BCUT2D eigenvalue weighted by molar-refractivity contribution is 7.27. The van der Waals surface area contributed by atoms with Gasteiger partial charge in [-0.3, -0.25) is 0 Å². The molecule has 8 aromatic rings. The van der Waals surface area contributed by atoms with Crippen molar-refractivity contribution in [3.05, 3.63) is 152 Å². The molecular formula is C50H40N2S6. The van der Waals surface area contributed by atoms with Crippen LogP contribution in [0.25, 0.3) is 39.0 Å². The summed E-state index contributed by atoms with van der Waals surface area (Å²) >= 11 is 10.9. The SMILES string of the molecule is CCCCN1c2cc(C#Cc3ccc(-c4ccc(-c5cccs5)s4)s3)ccc2C2c3ccc(C#Cc4ccc(-c5ccc(-c6cccs6)s5)s4)cc3N(CCCC)C21. The van der Waals surface area contributed by atoms with Crippen LogP contribution < -0.4 is 9.80 Å². The largest absolute Gasteiger partial charge is 0.350 e. The Kier molecular flexibility index (Phi) is 10.7. The Morgan fingerprint density at radius 3 is 1.33 bits per heavy atom. The molecule has 0 aliphatic carbocycles. The lowest BCUT2D eigenvalue weighted by Crippen LogP contribution is -2.46. The van der Waals surface area contributed by atoms with Crippen molar-refractivity contribution in [1.82, 2.24) is 0 Å². The molecule has 6 aromatic heterocycles. The Labute approximate surface area is 365 Å². The van der Waals surface area contributed by atoms with E-state index in [0.717, 1.165) is 59.7 Å². The van der Waals surface area contributed by atoms with Crippen LogP contribution in [-0.2, 0) is 0 Å². The second kappa shape index (κ2) is 16.5. The van der Waals surface area contributed by atoms with Crippen LogP contribution in [0.5, 0.6) is 0 Å². The van der Waals surface area contributed by atoms with Gasteiger partial charge in [0.15, 0.2) is 0 Å². The highest BCUT2D eigenvalue weighted by atomic mass is 32.1. The van der Waals surface area contributed by atoms with Crippen molar-refractivity contribution in [3.63, 3.8) is 0 Å². The van der Waals surface area contributed by atoms with Crippen molar-refractivity contribution in [3.8, 4) is 62.7 Å². The van der Waals surface area contributed by atoms with E-state index >= 15 is 0 Å². The third kappa shape index (κ3) is 7.32. The van der Waals surface area contributed by atoms with Crippen molar-refractivity contribution in [1.29, 1.82) is 0 Å². The fourth-order valence-electron chi connectivity index (χ4n) is 8.12. The number of hydrogen-bond acceptors (Lipinski definition) is 8. The van der Waals surface area contributed by atoms with E-state index in [1.54, 1.807) is 45.3 Å². The third-order valence-electron chi connectivity index (χ3n) is 10.9. The second-order valence-corrected chi connectivity index (χ2v) is 20.9. The minimum atomic E-state index is 0.268. The summed E-state index contributed by atoms with van der Waals surface area (Å²) in [6.45, 7) is 6.67. The fraction of sp³-hybridized carbons (Fsp3) is 0.200. The molecule has 0 saturated carbocycles. The maximum Gasteiger partial charge on any atom is 0.113 e. The summed E-state index contributed by atoms with van der Waals surface area (Å²) in [5, 5.41) is 4.29. The number of fused-ring (bicyclic) bond motifs is 5. The Morgan fingerprint density at radius 1 is 0.466 bits per heavy atom. The molecule has 2 nitrogen and oxygen atoms in total. The number of rotatable bonds is 10. The summed E-state index contributed by atoms with van der Waals surface area (Å²) in [4.78, 5) is 18.1. The van der Waals surface area contributed by atoms with Gasteiger partial charge < -0.3 is 9.80 Å². The molecule has 10 rings (SSSR count). The highest BCUT2D eigenvalue weighted by Gasteiger charge is 2.48. The molecular weight excluding hydrogens is 821 g/mol. The van der Waals surface area contributed by atoms with Gasteiger partial charge in [0.05, 0.1) is 15.7 Å². The molecule has 2 aliphatic rings. The van der Waals surface area contributed by atoms with Crippen LogP contribution in [0, 0.1) is 23.7 Å². The van der Waals surface area contributed by atoms with Crippen molar-refractivity contribution in [2.45, 2.75) is 51.6 Å². The van der Waals surface area contributed by atoms with E-state index in [2.05, 4.69) is 167 Å². The number of thiophene rings is 6. The molecule has 2 aliphatic heterocycles. The van der Waals surface area contributed by atoms with Gasteiger partial charge in [-0.1, -0.05) is 74.6 Å². The molecule has 0 amide bonds. The first-order valence-corrected chi connectivity index (χ1v) is 25.0. The number of hydrogen-bond donors (Lipinski definition) is 0. The molecule has 0 bridgehead atoms. The molecule has 2 aromatic carbocycles. The maximum absolute atomic E-state index is 3.55. The first-order chi connectivity index (χ1) is 28.6. The summed E-state index contributed by atoms with van der Waals surface area (Å²) in [5.41, 5.74) is 7.70. The van der Waals surface area contributed by atoms with Gasteiger partial charge >= 0.3 is 0 Å². The molecule has 0 unspecified atom stereocenters. The predicted octanol–water partition coefficient (Wildman–Crippen LogP) is 15.2. The quantitative estimate of drug-likeness (QED) is 0.126. The zero-order valence-electron chi connectivity index (χ0n) is 32.3. The maximum atomic E-state index is 3.55. The average Bonchev–Trinajstić information content (AvgIpc) is 4.10. The predicted molar refractivity (Wildman–Crippen MR) is 257 cm³/mol. The van der Waals surface area contributed by atoms with E-state index in [9.17, 15) is 0 Å². The zero-order valence-corrected chi connectivity index (χ0v) is 37.2. The van der Waals surface area contributed by atoms with E-state index in [0.29, 0.717) is 5.92 Å². The lowest BCUT2D eigenvalue weighted by atomic mass is 9.92. The average molecular weight is 861 g/mol. The molecule has 58 heavy (non-hydrogen) atoms. The summed E-state index contributed by atoms with van der Waals surface area (Å²) in [7, 11) is 0. The second-order valence-electron chi connectivity index (χ2n) is 14.6. The van der Waals surface area contributed by atoms with Crippen LogP contribution >= 0.6 is 68.0 Å². The minimum absolute atomic E-state index is 0.268. The van der Waals surface area contributed by atoms with E-state index in [1.807, 2.05) is 22.7 Å². The molecule has 0 radical (unpaired) electrons. The van der Waals surface area contributed by atoms with Gasteiger partial charge in [0, 0.05) is 74.6 Å². The van der Waals surface area contributed by atoms with E-state index < -0.39 is 0 Å². The third-order valence-corrected chi connectivity index (χ3v) is 17.6. The van der Waals surface area contributed by atoms with Crippen molar-refractivity contribution >= 4 is 79.4 Å². The molecule has 0 atom stereocenters. The normalized spacial score (nSPS) is 15.1. The van der Waals surface area contributed by atoms with Gasteiger partial charge in [-0.25, -0.2) is 0 Å². The van der Waals surface area contributed by atoms with Crippen LogP contribution in [0.4, 0.5) is 11.4 Å². The van der Waals surface area contributed by atoms with Gasteiger partial charge in [0.2, 0.25) is 0 Å². The van der Waals surface area contributed by atoms with Crippen LogP contribution in [0.15, 0.2) is 120 Å². The van der Waals surface area contributed by atoms with Gasteiger partial charge in [-0.05, 0) is 120 Å². The van der Waals surface area contributed by atoms with Gasteiger partial charge in [-0.2, -0.15) is 0 Å². The molecule has 286 valence electrons. The van der Waals surface area contributed by atoms with Gasteiger partial charge in [-0.15, -0.1) is 68.0 Å². The van der Waals surface area contributed by atoms with Crippen LogP contribution in [-0.4, -0.2) is 19.3 Å². The molecule has 0 spiro atoms. The topological polar surface area (TPSA) is 6.48 Å². The lowest BCUT2D eigenvalue weighted by Gasteiger charge is -2.36. The van der Waals surface area contributed by atoms with Gasteiger partial charge in [0.25, 0.3) is 0 Å². The molecule has 0 N–H and O–H groups in total. The Hall–Kier alpha value is -4.64. The zero-order chi connectivity index (χ0) is 39.0. The Bertz CT molecular complexity index is 2630. The molecule has 0 saturated heterocycles. The molecule has 8 heteroatoms. The van der Waals surface area contributed by atoms with E-state index in [1.165, 1.54) is 61.5 Å². The molecule has 8 heterocycles. The number of unbranched alkanes of at least 4 members (excludes halogenated alkanes) is 2. The standard InChI is InChI=1S/C50H40N2S6/c1-3-5-27-51-39-31-33(11-15-35-17-21-45(55-35)47-25-23-43(57-47)41-9-7-29-53-41)13-19-37(39)49-38-20-14-34(32-40(38)52(50(49)51)28-6-4-2)12-16-36-18-22-46(56-36)48-26-24-44(58-48)42-10-8-30-54-42/h7-10,13-14,17-26,29-32,49-50H,3-6,27-28H2,1-2H3. The number of anilines is 2. The minimum Gasteiger partial charge on any atom is -0.350 e. The van der Waals surface area contributed by atoms with Crippen molar-refractivity contribution in [2.75, 3.05) is 22.9 Å². The fourth-order valence-corrected chi connectivity index (χ4v) is 13.7. The monoisotopic (exact) mass is 860 g/mol. The van der Waals surface area contributed by atoms with Crippen molar-refractivity contribution in [2.24, 2.45) is 0 Å². The number of nitrogens with zero attached hydrogens (tertiary/aromatic N) is 2. The Balaban J connectivity index is 0.918. The first kappa shape index (κ1) is 37.6. The smallest absolute Gasteiger partial charge is 0.113 e. The van der Waals surface area contributed by atoms with Crippen LogP contribution in [0.1, 0.15) is 77.5 Å². The van der Waals surface area contributed by atoms with E-state index in [4.69, 9.17) is 0 Å². The summed E-state index contributed by atoms with van der Waals surface area (Å²) in [5.74, 6) is 14.4. The van der Waals surface area contributed by atoms with Crippen LogP contribution in [0.3, 0.4) is 0 Å². The summed E-state index contributed by atoms with van der Waals surface area (Å²) < 4.78 is 0. The number of benzene rings is 2. The van der Waals surface area contributed by atoms with Gasteiger partial charge in [0.1, 0.15) is 6.17 Å². The molecule has 0 fully saturated rings. The first-order valence-electron chi connectivity index (χ1n) is 20.0. The summed E-state index contributed by atoms with van der Waals surface area (Å²) in [6.07, 6.45) is 4.91. The van der Waals surface area contributed by atoms with Crippen LogP contribution in [0.2, 0.25) is 0 Å². The van der Waals surface area contributed by atoms with Crippen molar-refractivity contribution < 1.29 is 0 Å². The van der Waals surface area contributed by atoms with E-state index in [-0.39, 0.29) is 6.17 Å². The Morgan fingerprint density at radius 2 is 0.897 bits per heavy atom.